The van der Waals surface area contributed by atoms with Gasteiger partial charge < -0.3 is 10.1 Å². The maximum Gasteiger partial charge on any atom is 0.231 e. The SMILES string of the molecule is O=C(NCC(Cl)c1ccccc1)C1COc2ccccc21. The third-order valence-corrected chi connectivity index (χ3v) is 4.04. The Morgan fingerprint density at radius 2 is 1.90 bits per heavy atom. The third-order valence-electron chi connectivity index (χ3n) is 3.63. The monoisotopic (exact) mass is 301 g/mol. The zero-order valence-corrected chi connectivity index (χ0v) is 12.2. The van der Waals surface area contributed by atoms with Crippen molar-refractivity contribution in [3.63, 3.8) is 0 Å². The van der Waals surface area contributed by atoms with Crippen LogP contribution in [0.5, 0.6) is 5.75 Å². The molecule has 0 aromatic heterocycles. The van der Waals surface area contributed by atoms with E-state index in [9.17, 15) is 4.79 Å². The average Bonchev–Trinajstić information content (AvgIpc) is 2.97. The van der Waals surface area contributed by atoms with Crippen molar-refractivity contribution >= 4 is 17.5 Å². The molecular weight excluding hydrogens is 286 g/mol. The van der Waals surface area contributed by atoms with Crippen molar-refractivity contribution in [1.82, 2.24) is 5.32 Å². The topological polar surface area (TPSA) is 38.3 Å². The predicted molar refractivity (Wildman–Crippen MR) is 82.7 cm³/mol. The number of benzene rings is 2. The minimum atomic E-state index is -0.249. The maximum atomic E-state index is 12.3. The van der Waals surface area contributed by atoms with Crippen LogP contribution < -0.4 is 10.1 Å². The second kappa shape index (κ2) is 6.19. The van der Waals surface area contributed by atoms with E-state index in [1.165, 1.54) is 0 Å². The summed E-state index contributed by atoms with van der Waals surface area (Å²) in [6, 6.07) is 17.4. The third kappa shape index (κ3) is 3.03. The fraction of sp³-hybridized carbons (Fsp3) is 0.235. The molecule has 0 saturated carbocycles. The number of nitrogens with one attached hydrogen (secondary N) is 1. The number of halogens is 1. The lowest BCUT2D eigenvalue weighted by Crippen LogP contribution is -2.32. The van der Waals surface area contributed by atoms with Gasteiger partial charge in [0.1, 0.15) is 18.3 Å². The number of hydrogen-bond donors (Lipinski definition) is 1. The van der Waals surface area contributed by atoms with Gasteiger partial charge in [-0.1, -0.05) is 48.5 Å². The van der Waals surface area contributed by atoms with Crippen LogP contribution >= 0.6 is 11.6 Å². The summed E-state index contributed by atoms with van der Waals surface area (Å²) in [5, 5.41) is 2.68. The summed E-state index contributed by atoms with van der Waals surface area (Å²) < 4.78 is 5.53. The Morgan fingerprint density at radius 3 is 2.71 bits per heavy atom. The Bertz CT molecular complexity index is 630. The number of para-hydroxylation sites is 1. The van der Waals surface area contributed by atoms with Gasteiger partial charge >= 0.3 is 0 Å². The molecule has 108 valence electrons. The molecule has 0 saturated heterocycles. The molecule has 0 radical (unpaired) electrons. The molecule has 0 fully saturated rings. The van der Waals surface area contributed by atoms with Crippen LogP contribution in [-0.4, -0.2) is 19.1 Å². The summed E-state index contributed by atoms with van der Waals surface area (Å²) >= 11 is 6.31. The van der Waals surface area contributed by atoms with Gasteiger partial charge in [0.15, 0.2) is 0 Å². The van der Waals surface area contributed by atoms with E-state index in [0.717, 1.165) is 16.9 Å². The molecule has 3 rings (SSSR count). The second-order valence-corrected chi connectivity index (χ2v) is 5.55. The van der Waals surface area contributed by atoms with Crippen LogP contribution in [0, 0.1) is 0 Å². The first-order valence-corrected chi connectivity index (χ1v) is 7.38. The lowest BCUT2D eigenvalue weighted by molar-refractivity contribution is -0.122. The smallest absolute Gasteiger partial charge is 0.231 e. The molecule has 1 amide bonds. The largest absolute Gasteiger partial charge is 0.492 e. The number of alkyl halides is 1. The summed E-state index contributed by atoms with van der Waals surface area (Å²) in [5.41, 5.74) is 1.95. The van der Waals surface area contributed by atoms with Gasteiger partial charge in [0, 0.05) is 12.1 Å². The van der Waals surface area contributed by atoms with Crippen molar-refractivity contribution in [3.05, 3.63) is 65.7 Å². The standard InChI is InChI=1S/C17H16ClNO2/c18-15(12-6-2-1-3-7-12)10-19-17(20)14-11-21-16-9-5-4-8-13(14)16/h1-9,14-15H,10-11H2,(H,19,20). The van der Waals surface area contributed by atoms with Crippen molar-refractivity contribution in [2.45, 2.75) is 11.3 Å². The van der Waals surface area contributed by atoms with Gasteiger partial charge in [0.25, 0.3) is 0 Å². The maximum absolute atomic E-state index is 12.3. The van der Waals surface area contributed by atoms with Crippen molar-refractivity contribution < 1.29 is 9.53 Å². The Morgan fingerprint density at radius 1 is 1.19 bits per heavy atom. The molecule has 21 heavy (non-hydrogen) atoms. The summed E-state index contributed by atoms with van der Waals surface area (Å²) in [4.78, 5) is 12.3. The Kier molecular flexibility index (Phi) is 4.11. The van der Waals surface area contributed by atoms with Crippen LogP contribution in [0.2, 0.25) is 0 Å². The lowest BCUT2D eigenvalue weighted by Gasteiger charge is -2.14. The van der Waals surface area contributed by atoms with Gasteiger partial charge in [-0.2, -0.15) is 0 Å². The molecule has 2 aromatic rings. The molecule has 0 aliphatic carbocycles. The number of amides is 1. The summed E-state index contributed by atoms with van der Waals surface area (Å²) in [6.45, 7) is 0.798. The molecule has 1 aliphatic heterocycles. The van der Waals surface area contributed by atoms with E-state index in [1.54, 1.807) is 0 Å². The highest BCUT2D eigenvalue weighted by Crippen LogP contribution is 2.33. The van der Waals surface area contributed by atoms with E-state index in [-0.39, 0.29) is 17.2 Å². The summed E-state index contributed by atoms with van der Waals surface area (Å²) in [7, 11) is 0. The van der Waals surface area contributed by atoms with Crippen LogP contribution in [0.1, 0.15) is 22.4 Å². The van der Waals surface area contributed by atoms with Crippen molar-refractivity contribution in [1.29, 1.82) is 0 Å². The van der Waals surface area contributed by atoms with Crippen LogP contribution in [0.4, 0.5) is 0 Å². The molecule has 4 heteroatoms. The number of fused-ring (bicyclic) bond motifs is 1. The highest BCUT2D eigenvalue weighted by Gasteiger charge is 2.30. The number of carbonyl (C=O) groups is 1. The van der Waals surface area contributed by atoms with E-state index < -0.39 is 0 Å². The molecule has 1 N–H and O–H groups in total. The van der Waals surface area contributed by atoms with Crippen LogP contribution in [0.3, 0.4) is 0 Å². The normalized spacial score (nSPS) is 17.7. The second-order valence-electron chi connectivity index (χ2n) is 5.02. The molecule has 1 heterocycles. The van der Waals surface area contributed by atoms with E-state index in [1.807, 2.05) is 54.6 Å². The number of carbonyl (C=O) groups excluding carboxylic acids is 1. The van der Waals surface area contributed by atoms with Crippen molar-refractivity contribution in [2.75, 3.05) is 13.2 Å². The Balaban J connectivity index is 1.61. The Labute approximate surface area is 128 Å². The van der Waals surface area contributed by atoms with E-state index in [2.05, 4.69) is 5.32 Å². The first kappa shape index (κ1) is 14.0. The zero-order chi connectivity index (χ0) is 14.7. The van der Waals surface area contributed by atoms with Crippen LogP contribution in [0.15, 0.2) is 54.6 Å². The summed E-state index contributed by atoms with van der Waals surface area (Å²) in [5.74, 6) is 0.505. The van der Waals surface area contributed by atoms with Crippen LogP contribution in [-0.2, 0) is 4.79 Å². The molecule has 0 spiro atoms. The molecule has 2 unspecified atom stereocenters. The van der Waals surface area contributed by atoms with E-state index in [4.69, 9.17) is 16.3 Å². The minimum Gasteiger partial charge on any atom is -0.492 e. The fourth-order valence-corrected chi connectivity index (χ4v) is 2.70. The lowest BCUT2D eigenvalue weighted by atomic mass is 10.0. The summed E-state index contributed by atoms with van der Waals surface area (Å²) in [6.07, 6.45) is 0. The van der Waals surface area contributed by atoms with Gasteiger partial charge in [0.2, 0.25) is 5.91 Å². The molecule has 2 aromatic carbocycles. The van der Waals surface area contributed by atoms with Gasteiger partial charge in [0.05, 0.1) is 5.38 Å². The predicted octanol–water partition coefficient (Wildman–Crippen LogP) is 3.26. The fourth-order valence-electron chi connectivity index (χ4n) is 2.47. The molecule has 0 bridgehead atoms. The van der Waals surface area contributed by atoms with Gasteiger partial charge in [-0.3, -0.25) is 4.79 Å². The number of ether oxygens (including phenoxy) is 1. The van der Waals surface area contributed by atoms with Gasteiger partial charge in [-0.25, -0.2) is 0 Å². The highest BCUT2D eigenvalue weighted by molar-refractivity contribution is 6.21. The average molecular weight is 302 g/mol. The first-order valence-electron chi connectivity index (χ1n) is 6.94. The number of rotatable bonds is 4. The van der Waals surface area contributed by atoms with E-state index >= 15 is 0 Å². The Hall–Kier alpha value is -2.00. The molecule has 2 atom stereocenters. The first-order chi connectivity index (χ1) is 10.3. The van der Waals surface area contributed by atoms with Crippen molar-refractivity contribution in [3.8, 4) is 5.75 Å². The quantitative estimate of drug-likeness (QED) is 0.880. The van der Waals surface area contributed by atoms with Crippen LogP contribution in [0.25, 0.3) is 0 Å². The zero-order valence-electron chi connectivity index (χ0n) is 11.5. The van der Waals surface area contributed by atoms with E-state index in [0.29, 0.717) is 13.2 Å². The number of hydrogen-bond acceptors (Lipinski definition) is 2. The molecule has 3 nitrogen and oxygen atoms in total. The van der Waals surface area contributed by atoms with Crippen molar-refractivity contribution in [2.24, 2.45) is 0 Å². The van der Waals surface area contributed by atoms with Gasteiger partial charge in [-0.15, -0.1) is 11.6 Å². The molecular formula is C17H16ClNO2. The minimum absolute atomic E-state index is 0.0402. The van der Waals surface area contributed by atoms with Gasteiger partial charge in [-0.05, 0) is 11.6 Å². The molecule has 1 aliphatic rings. The highest BCUT2D eigenvalue weighted by atomic mass is 35.5.